The molecule has 0 saturated heterocycles. The van der Waals surface area contributed by atoms with Crippen LogP contribution in [0.2, 0.25) is 20.1 Å². The van der Waals surface area contributed by atoms with Crippen molar-refractivity contribution >= 4 is 63.8 Å². The summed E-state index contributed by atoms with van der Waals surface area (Å²) in [4.78, 5) is 33.4. The molecule has 188 valence electrons. The molecule has 0 radical (unpaired) electrons. The molecule has 2 aromatic carbocycles. The van der Waals surface area contributed by atoms with Gasteiger partial charge in [0.2, 0.25) is 0 Å². The highest BCUT2D eigenvalue weighted by molar-refractivity contribution is 6.57. The van der Waals surface area contributed by atoms with Gasteiger partial charge in [0.15, 0.2) is 11.6 Å². The van der Waals surface area contributed by atoms with Crippen LogP contribution in [0.15, 0.2) is 66.0 Å². The quantitative estimate of drug-likeness (QED) is 0.136. The number of hydrogen-bond donors (Lipinski definition) is 0. The number of nitrogens with zero attached hydrogens (tertiary/aromatic N) is 2. The molecule has 1 aromatic heterocycles. The Morgan fingerprint density at radius 3 is 1.95 bits per heavy atom. The van der Waals surface area contributed by atoms with Crippen LogP contribution in [0.3, 0.4) is 0 Å². The minimum atomic E-state index is -0.524. The number of halogens is 4. The molecule has 3 aromatic rings. The Morgan fingerprint density at radius 2 is 1.41 bits per heavy atom. The third-order valence-corrected chi connectivity index (χ3v) is 9.29. The summed E-state index contributed by atoms with van der Waals surface area (Å²) in [6.45, 7) is 4.27. The van der Waals surface area contributed by atoms with Gasteiger partial charge in [-0.2, -0.15) is 0 Å². The molecule has 1 aliphatic carbocycles. The maximum absolute atomic E-state index is 13.3. The predicted octanol–water partition coefficient (Wildman–Crippen LogP) is 8.76. The van der Waals surface area contributed by atoms with Crippen LogP contribution in [0.1, 0.15) is 53.0 Å². The van der Waals surface area contributed by atoms with Crippen LogP contribution in [-0.2, 0) is 5.41 Å². The van der Waals surface area contributed by atoms with Gasteiger partial charge in [-0.3, -0.25) is 9.59 Å². The first-order valence-corrected chi connectivity index (χ1v) is 13.4. The maximum atomic E-state index is 13.3. The molecular weight excluding hydrogens is 550 g/mol. The molecule has 37 heavy (non-hydrogen) atoms. The first kappa shape index (κ1) is 26.0. The van der Waals surface area contributed by atoms with Crippen LogP contribution < -0.4 is 4.90 Å². The SMILES string of the molecule is CCC1(CC)/C(=C\C=C2C(=O)c3c(Cl)c(Cl)c(Cl)c(Cl)c3C2=O)N(C)c2ncc(-c3ccccc3)cc21. The molecule has 0 fully saturated rings. The largest absolute Gasteiger partial charge is 0.332 e. The number of Topliss-reactive ketones (excluding diaryl/α,β-unsaturated/α-hetero) is 2. The standard InChI is InChI=1S/C29H22Cl4N2O2/c1-4-29(5-2)18-13-16(15-9-7-6-8-10-15)14-34-28(18)35(3)19(29)12-11-17-26(36)20-21(27(17)37)23(31)25(33)24(32)22(20)30/h6-14H,4-5H2,1-3H3/b19-12+. The van der Waals surface area contributed by atoms with E-state index in [1.807, 2.05) is 42.4 Å². The summed E-state index contributed by atoms with van der Waals surface area (Å²) in [7, 11) is 1.95. The summed E-state index contributed by atoms with van der Waals surface area (Å²) in [5, 5.41) is -0.231. The van der Waals surface area contributed by atoms with E-state index < -0.39 is 11.6 Å². The van der Waals surface area contributed by atoms with Crippen molar-refractivity contribution in [3.05, 3.63) is 103 Å². The lowest BCUT2D eigenvalue weighted by molar-refractivity contribution is 0.0989. The van der Waals surface area contributed by atoms with Crippen molar-refractivity contribution in [3.8, 4) is 11.1 Å². The van der Waals surface area contributed by atoms with Crippen molar-refractivity contribution in [3.63, 3.8) is 0 Å². The minimum absolute atomic E-state index is 0.00908. The van der Waals surface area contributed by atoms with E-state index in [1.54, 1.807) is 6.08 Å². The van der Waals surface area contributed by atoms with E-state index in [0.717, 1.165) is 41.0 Å². The second kappa shape index (κ2) is 9.59. The number of pyridine rings is 1. The normalized spacial score (nSPS) is 17.0. The number of likely N-dealkylation sites (N-methyl/N-ethyl adjacent to an activating group) is 1. The van der Waals surface area contributed by atoms with E-state index in [0.29, 0.717) is 0 Å². The number of aromatic nitrogens is 1. The summed E-state index contributed by atoms with van der Waals surface area (Å²) in [6.07, 6.45) is 6.87. The first-order valence-electron chi connectivity index (χ1n) is 11.8. The van der Waals surface area contributed by atoms with Crippen molar-refractivity contribution in [2.45, 2.75) is 32.1 Å². The maximum Gasteiger partial charge on any atom is 0.199 e. The van der Waals surface area contributed by atoms with Crippen LogP contribution >= 0.6 is 46.4 Å². The number of fused-ring (bicyclic) bond motifs is 2. The van der Waals surface area contributed by atoms with Gasteiger partial charge >= 0.3 is 0 Å². The zero-order valence-corrected chi connectivity index (χ0v) is 23.4. The summed E-state index contributed by atoms with van der Waals surface area (Å²) in [6, 6.07) is 12.3. The van der Waals surface area contributed by atoms with E-state index in [2.05, 4.69) is 32.0 Å². The number of carbonyl (C=O) groups is 2. The average molecular weight is 572 g/mol. The highest BCUT2D eigenvalue weighted by Crippen LogP contribution is 2.52. The second-order valence-corrected chi connectivity index (χ2v) is 10.6. The molecule has 0 amide bonds. The van der Waals surface area contributed by atoms with Gasteiger partial charge in [-0.25, -0.2) is 4.98 Å². The molecule has 5 rings (SSSR count). The van der Waals surface area contributed by atoms with Crippen LogP contribution in [0, 0.1) is 0 Å². The highest BCUT2D eigenvalue weighted by atomic mass is 35.5. The fourth-order valence-electron chi connectivity index (χ4n) is 5.45. The van der Waals surface area contributed by atoms with Crippen LogP contribution in [-0.4, -0.2) is 23.6 Å². The number of carbonyl (C=O) groups excluding carboxylic acids is 2. The van der Waals surface area contributed by atoms with Gasteiger partial charge in [0.25, 0.3) is 0 Å². The van der Waals surface area contributed by atoms with E-state index in [4.69, 9.17) is 51.4 Å². The molecule has 0 unspecified atom stereocenters. The van der Waals surface area contributed by atoms with E-state index in [9.17, 15) is 9.59 Å². The van der Waals surface area contributed by atoms with Gasteiger partial charge in [0, 0.05) is 35.5 Å². The highest BCUT2D eigenvalue weighted by Gasteiger charge is 2.45. The first-order chi connectivity index (χ1) is 17.7. The smallest absolute Gasteiger partial charge is 0.199 e. The lowest BCUT2D eigenvalue weighted by Crippen LogP contribution is -2.28. The van der Waals surface area contributed by atoms with Crippen molar-refractivity contribution in [1.29, 1.82) is 0 Å². The zero-order valence-electron chi connectivity index (χ0n) is 20.3. The molecule has 0 bridgehead atoms. The molecule has 2 heterocycles. The van der Waals surface area contributed by atoms with Crippen LogP contribution in [0.4, 0.5) is 5.82 Å². The number of rotatable bonds is 4. The summed E-state index contributed by atoms with van der Waals surface area (Å²) in [5.74, 6) is -0.197. The van der Waals surface area contributed by atoms with E-state index in [-0.39, 0.29) is 42.2 Å². The molecule has 0 atom stereocenters. The van der Waals surface area contributed by atoms with Crippen molar-refractivity contribution < 1.29 is 9.59 Å². The minimum Gasteiger partial charge on any atom is -0.332 e. The van der Waals surface area contributed by atoms with E-state index >= 15 is 0 Å². The molecule has 0 spiro atoms. The summed E-state index contributed by atoms with van der Waals surface area (Å²) < 4.78 is 0. The van der Waals surface area contributed by atoms with Crippen molar-refractivity contribution in [2.24, 2.45) is 0 Å². The molecule has 8 heteroatoms. The van der Waals surface area contributed by atoms with Crippen molar-refractivity contribution in [1.82, 2.24) is 4.98 Å². The Bertz CT molecular complexity index is 1490. The Morgan fingerprint density at radius 1 is 0.838 bits per heavy atom. The molecule has 0 N–H and O–H groups in total. The van der Waals surface area contributed by atoms with Crippen LogP contribution in [0.25, 0.3) is 11.1 Å². The van der Waals surface area contributed by atoms with E-state index in [1.165, 1.54) is 0 Å². The number of benzene rings is 2. The zero-order chi connectivity index (χ0) is 26.6. The number of allylic oxidation sites excluding steroid dienone is 4. The number of hydrogen-bond acceptors (Lipinski definition) is 4. The molecule has 2 aliphatic rings. The Hall–Kier alpha value is -2.63. The van der Waals surface area contributed by atoms with Crippen LogP contribution in [0.5, 0.6) is 0 Å². The Balaban J connectivity index is 1.63. The average Bonchev–Trinajstić information content (AvgIpc) is 3.31. The molecule has 1 aliphatic heterocycles. The topological polar surface area (TPSA) is 50.3 Å². The Kier molecular flexibility index (Phi) is 6.74. The van der Waals surface area contributed by atoms with Gasteiger partial charge in [-0.1, -0.05) is 90.6 Å². The fourth-order valence-corrected chi connectivity index (χ4v) is 6.47. The molecular formula is C29H22Cl4N2O2. The van der Waals surface area contributed by atoms with Gasteiger partial charge in [-0.05, 0) is 36.6 Å². The third kappa shape index (κ3) is 3.77. The molecule has 0 saturated carbocycles. The molecule has 4 nitrogen and oxygen atoms in total. The summed E-state index contributed by atoms with van der Waals surface area (Å²) >= 11 is 24.9. The second-order valence-electron chi connectivity index (χ2n) is 9.11. The lowest BCUT2D eigenvalue weighted by atomic mass is 9.75. The predicted molar refractivity (Wildman–Crippen MR) is 152 cm³/mol. The van der Waals surface area contributed by atoms with Gasteiger partial charge in [0.1, 0.15) is 5.82 Å². The fraction of sp³-hybridized carbons (Fsp3) is 0.207. The van der Waals surface area contributed by atoms with Gasteiger partial charge in [-0.15, -0.1) is 0 Å². The van der Waals surface area contributed by atoms with Gasteiger partial charge < -0.3 is 4.90 Å². The number of ketones is 2. The lowest BCUT2D eigenvalue weighted by Gasteiger charge is -2.30. The Labute approximate surface area is 235 Å². The summed E-state index contributed by atoms with van der Waals surface area (Å²) in [5.41, 5.74) is 3.78. The van der Waals surface area contributed by atoms with Gasteiger partial charge in [0.05, 0.1) is 36.8 Å². The van der Waals surface area contributed by atoms with Crippen molar-refractivity contribution in [2.75, 3.05) is 11.9 Å². The number of anilines is 1. The monoisotopic (exact) mass is 570 g/mol. The third-order valence-electron chi connectivity index (χ3n) is 7.48.